The van der Waals surface area contributed by atoms with Crippen LogP contribution < -0.4 is 0 Å². The van der Waals surface area contributed by atoms with Crippen molar-refractivity contribution in [2.45, 2.75) is 46.6 Å². The van der Waals surface area contributed by atoms with Crippen LogP contribution >= 0.6 is 0 Å². The smallest absolute Gasteiger partial charge is 0.223 e. The van der Waals surface area contributed by atoms with Crippen molar-refractivity contribution in [3.05, 3.63) is 29.1 Å². The van der Waals surface area contributed by atoms with E-state index in [9.17, 15) is 4.79 Å². The summed E-state index contributed by atoms with van der Waals surface area (Å²) in [4.78, 5) is 14.3. The minimum Gasteiger partial charge on any atom is -0.332 e. The van der Waals surface area contributed by atoms with Crippen molar-refractivity contribution in [2.24, 2.45) is 5.92 Å². The molecule has 2 heterocycles. The average Bonchev–Trinajstić information content (AvgIpc) is 2.96. The summed E-state index contributed by atoms with van der Waals surface area (Å²) in [6.07, 6.45) is 5.49. The maximum absolute atomic E-state index is 12.3. The Kier molecular flexibility index (Phi) is 4.08. The molecule has 0 fully saturated rings. The number of aromatic amines is 1. The van der Waals surface area contributed by atoms with Crippen LogP contribution in [0.1, 0.15) is 37.2 Å². The second-order valence-corrected chi connectivity index (χ2v) is 5.63. The molecular formula is C15H23N3O. The fourth-order valence-electron chi connectivity index (χ4n) is 2.54. The van der Waals surface area contributed by atoms with Gasteiger partial charge in [0.05, 0.1) is 11.7 Å². The first-order valence-corrected chi connectivity index (χ1v) is 6.97. The number of amides is 1. The molecule has 0 saturated heterocycles. The topological polar surface area (TPSA) is 49.0 Å². The van der Waals surface area contributed by atoms with Crippen molar-refractivity contribution >= 4 is 5.91 Å². The second kappa shape index (κ2) is 5.59. The Bertz CT molecular complexity index is 488. The number of hydrogen-bond acceptors (Lipinski definition) is 2. The fourth-order valence-corrected chi connectivity index (χ4v) is 2.54. The van der Waals surface area contributed by atoms with Crippen LogP contribution in [0.25, 0.3) is 0 Å². The Balaban J connectivity index is 1.93. The number of H-pyrrole nitrogens is 1. The lowest BCUT2D eigenvalue weighted by Gasteiger charge is -2.27. The van der Waals surface area contributed by atoms with Gasteiger partial charge in [0, 0.05) is 25.1 Å². The number of hydrogen-bond donors (Lipinski definition) is 1. The van der Waals surface area contributed by atoms with Crippen LogP contribution in [0.5, 0.6) is 0 Å². The van der Waals surface area contributed by atoms with Crippen molar-refractivity contribution in [2.75, 3.05) is 6.54 Å². The summed E-state index contributed by atoms with van der Waals surface area (Å²) in [5, 5.41) is 7.23. The highest BCUT2D eigenvalue weighted by Crippen LogP contribution is 2.19. The predicted molar refractivity (Wildman–Crippen MR) is 75.9 cm³/mol. The molecule has 1 N–H and O–H groups in total. The third kappa shape index (κ3) is 2.88. The zero-order valence-corrected chi connectivity index (χ0v) is 12.2. The highest BCUT2D eigenvalue weighted by Gasteiger charge is 2.26. The Morgan fingerprint density at radius 3 is 2.84 bits per heavy atom. The van der Waals surface area contributed by atoms with Gasteiger partial charge in [-0.15, -0.1) is 0 Å². The molecular weight excluding hydrogens is 238 g/mol. The van der Waals surface area contributed by atoms with E-state index in [1.807, 2.05) is 18.7 Å². The normalized spacial score (nSPS) is 18.6. The molecule has 1 atom stereocenters. The maximum Gasteiger partial charge on any atom is 0.223 e. The number of aromatic nitrogens is 2. The molecule has 4 nitrogen and oxygen atoms in total. The summed E-state index contributed by atoms with van der Waals surface area (Å²) in [5.41, 5.74) is 3.28. The molecule has 4 heteroatoms. The lowest BCUT2D eigenvalue weighted by Crippen LogP contribution is -2.39. The van der Waals surface area contributed by atoms with Crippen LogP contribution in [0.4, 0.5) is 0 Å². The van der Waals surface area contributed by atoms with Crippen molar-refractivity contribution in [1.29, 1.82) is 0 Å². The molecule has 0 aromatic carbocycles. The number of carbonyl (C=O) groups excluding carboxylic acids is 1. The molecule has 1 aliphatic heterocycles. The Morgan fingerprint density at radius 1 is 1.53 bits per heavy atom. The van der Waals surface area contributed by atoms with Gasteiger partial charge in [-0.3, -0.25) is 9.89 Å². The van der Waals surface area contributed by atoms with Gasteiger partial charge in [-0.05, 0) is 25.3 Å². The summed E-state index contributed by atoms with van der Waals surface area (Å²) in [6.45, 7) is 9.11. The number of carbonyl (C=O) groups is 1. The zero-order valence-electron chi connectivity index (χ0n) is 12.2. The molecule has 1 aliphatic rings. The zero-order chi connectivity index (χ0) is 14.0. The largest absolute Gasteiger partial charge is 0.332 e. The van der Waals surface area contributed by atoms with Crippen molar-refractivity contribution in [3.63, 3.8) is 0 Å². The Labute approximate surface area is 114 Å². The first-order valence-electron chi connectivity index (χ1n) is 6.97. The lowest BCUT2D eigenvalue weighted by atomic mass is 10.0. The number of rotatable bonds is 4. The van der Waals surface area contributed by atoms with Crippen LogP contribution in [0.15, 0.2) is 12.2 Å². The monoisotopic (exact) mass is 261 g/mol. The van der Waals surface area contributed by atoms with E-state index in [2.05, 4.69) is 36.2 Å². The summed E-state index contributed by atoms with van der Waals surface area (Å²) < 4.78 is 0. The van der Waals surface area contributed by atoms with E-state index in [0.29, 0.717) is 12.3 Å². The van der Waals surface area contributed by atoms with E-state index in [-0.39, 0.29) is 11.9 Å². The quantitative estimate of drug-likeness (QED) is 0.846. The molecule has 1 aromatic rings. The lowest BCUT2D eigenvalue weighted by molar-refractivity contribution is -0.132. The molecule has 1 aromatic heterocycles. The van der Waals surface area contributed by atoms with Crippen molar-refractivity contribution in [3.8, 4) is 0 Å². The van der Waals surface area contributed by atoms with Gasteiger partial charge in [0.25, 0.3) is 0 Å². The first kappa shape index (κ1) is 13.8. The SMILES string of the molecule is Cc1[nH]nc(CCC(=O)N2CC=C[C@H]2C(C)C)c1C. The van der Waals surface area contributed by atoms with Gasteiger partial charge < -0.3 is 4.90 Å². The van der Waals surface area contributed by atoms with E-state index >= 15 is 0 Å². The molecule has 2 rings (SSSR count). The standard InChI is InChI=1S/C15H23N3O/c1-10(2)14-6-5-9-18(14)15(19)8-7-13-11(3)12(4)16-17-13/h5-6,10,14H,7-9H2,1-4H3,(H,16,17)/t14-/m0/s1. The molecule has 0 saturated carbocycles. The van der Waals surface area contributed by atoms with Gasteiger partial charge in [-0.25, -0.2) is 0 Å². The molecule has 0 spiro atoms. The molecule has 104 valence electrons. The third-order valence-electron chi connectivity index (χ3n) is 3.93. The van der Waals surface area contributed by atoms with Crippen LogP contribution in [0.3, 0.4) is 0 Å². The van der Waals surface area contributed by atoms with Gasteiger partial charge in [0.2, 0.25) is 5.91 Å². The summed E-state index contributed by atoms with van der Waals surface area (Å²) >= 11 is 0. The van der Waals surface area contributed by atoms with E-state index < -0.39 is 0 Å². The highest BCUT2D eigenvalue weighted by molar-refractivity contribution is 5.77. The second-order valence-electron chi connectivity index (χ2n) is 5.63. The summed E-state index contributed by atoms with van der Waals surface area (Å²) in [5.74, 6) is 0.695. The number of aryl methyl sites for hydroxylation is 2. The van der Waals surface area contributed by atoms with Gasteiger partial charge in [0.15, 0.2) is 0 Å². The maximum atomic E-state index is 12.3. The van der Waals surface area contributed by atoms with Crippen LogP contribution in [0.2, 0.25) is 0 Å². The van der Waals surface area contributed by atoms with Crippen LogP contribution in [-0.2, 0) is 11.2 Å². The summed E-state index contributed by atoms with van der Waals surface area (Å²) in [7, 11) is 0. The fraction of sp³-hybridized carbons (Fsp3) is 0.600. The molecule has 19 heavy (non-hydrogen) atoms. The minimum absolute atomic E-state index is 0.226. The van der Waals surface area contributed by atoms with Crippen LogP contribution in [0, 0.1) is 19.8 Å². The van der Waals surface area contributed by atoms with Gasteiger partial charge in [0.1, 0.15) is 0 Å². The first-order chi connectivity index (χ1) is 9.00. The van der Waals surface area contributed by atoms with E-state index in [1.54, 1.807) is 0 Å². The predicted octanol–water partition coefficient (Wildman–Crippen LogP) is 2.38. The third-order valence-corrected chi connectivity index (χ3v) is 3.93. The molecule has 0 radical (unpaired) electrons. The molecule has 1 amide bonds. The Hall–Kier alpha value is -1.58. The van der Waals surface area contributed by atoms with Gasteiger partial charge >= 0.3 is 0 Å². The molecule has 0 aliphatic carbocycles. The van der Waals surface area contributed by atoms with Crippen molar-refractivity contribution < 1.29 is 4.79 Å². The summed E-state index contributed by atoms with van der Waals surface area (Å²) in [6, 6.07) is 0.259. The molecule has 0 bridgehead atoms. The van der Waals surface area contributed by atoms with E-state index in [0.717, 1.165) is 24.4 Å². The molecule has 0 unspecified atom stereocenters. The Morgan fingerprint density at radius 2 is 2.26 bits per heavy atom. The van der Waals surface area contributed by atoms with Gasteiger partial charge in [-0.2, -0.15) is 5.10 Å². The van der Waals surface area contributed by atoms with E-state index in [4.69, 9.17) is 0 Å². The minimum atomic E-state index is 0.226. The van der Waals surface area contributed by atoms with E-state index in [1.165, 1.54) is 5.56 Å². The average molecular weight is 261 g/mol. The van der Waals surface area contributed by atoms with Crippen LogP contribution in [-0.4, -0.2) is 33.6 Å². The van der Waals surface area contributed by atoms with Gasteiger partial charge in [-0.1, -0.05) is 26.0 Å². The highest BCUT2D eigenvalue weighted by atomic mass is 16.2. The number of nitrogens with zero attached hydrogens (tertiary/aromatic N) is 2. The number of nitrogens with one attached hydrogen (secondary N) is 1. The van der Waals surface area contributed by atoms with Crippen molar-refractivity contribution in [1.82, 2.24) is 15.1 Å².